The Morgan fingerprint density at radius 2 is 2.14 bits per heavy atom. The summed E-state index contributed by atoms with van der Waals surface area (Å²) in [6.07, 6.45) is -2.49. The molecule has 1 unspecified atom stereocenters. The molecule has 1 atom stereocenters. The van der Waals surface area contributed by atoms with Crippen molar-refractivity contribution in [1.29, 1.82) is 0 Å². The minimum Gasteiger partial charge on any atom is -0.481 e. The van der Waals surface area contributed by atoms with Gasteiger partial charge >= 0.3 is 18.2 Å². The molecule has 0 aromatic carbocycles. The van der Waals surface area contributed by atoms with Crippen LogP contribution in [0.25, 0.3) is 0 Å². The number of carboxylic acids is 1. The van der Waals surface area contributed by atoms with Crippen LogP contribution in [0.2, 0.25) is 0 Å². The lowest BCUT2D eigenvalue weighted by atomic mass is 10.0. The quantitative estimate of drug-likeness (QED) is 0.766. The smallest absolute Gasteiger partial charge is 0.412 e. The average Bonchev–Trinajstić information content (AvgIpc) is 2.42. The Morgan fingerprint density at radius 1 is 1.48 bits per heavy atom. The summed E-state index contributed by atoms with van der Waals surface area (Å²) < 4.78 is 37.3. The van der Waals surface area contributed by atoms with Gasteiger partial charge in [-0.15, -0.1) is 0 Å². The van der Waals surface area contributed by atoms with E-state index >= 15 is 0 Å². The molecule has 0 aliphatic carbocycles. The summed E-state index contributed by atoms with van der Waals surface area (Å²) in [6, 6.07) is -0.533. The highest BCUT2D eigenvalue weighted by Crippen LogP contribution is 2.30. The summed E-state index contributed by atoms with van der Waals surface area (Å²) >= 11 is 0. The van der Waals surface area contributed by atoms with E-state index < -0.39 is 29.7 Å². The fourth-order valence-electron chi connectivity index (χ4n) is 2.09. The molecule has 8 heteroatoms. The van der Waals surface area contributed by atoms with Gasteiger partial charge in [-0.2, -0.15) is 13.2 Å². The van der Waals surface area contributed by atoms with Gasteiger partial charge in [0.2, 0.25) is 0 Å². The van der Waals surface area contributed by atoms with Gasteiger partial charge < -0.3 is 15.3 Å². The lowest BCUT2D eigenvalue weighted by molar-refractivity contribution is -0.141. The van der Waals surface area contributed by atoms with E-state index in [1.807, 2.05) is 6.92 Å². The molecule has 0 aromatic heterocycles. The first kappa shape index (κ1) is 17.3. The minimum atomic E-state index is -4.35. The summed E-state index contributed by atoms with van der Waals surface area (Å²) in [5.74, 6) is -1.67. The number of carbonyl (C=O) groups excluding carboxylic acids is 1. The van der Waals surface area contributed by atoms with Crippen LogP contribution in [0.15, 0.2) is 11.6 Å². The van der Waals surface area contributed by atoms with Crippen molar-refractivity contribution in [2.45, 2.75) is 32.4 Å². The maximum atomic E-state index is 12.4. The van der Waals surface area contributed by atoms with Gasteiger partial charge in [0.05, 0.1) is 5.92 Å². The minimum absolute atomic E-state index is 0.0195. The zero-order valence-corrected chi connectivity index (χ0v) is 11.7. The zero-order valence-electron chi connectivity index (χ0n) is 11.7. The van der Waals surface area contributed by atoms with E-state index in [1.165, 1.54) is 4.90 Å². The molecular weight excluding hydrogens is 289 g/mol. The maximum Gasteiger partial charge on any atom is 0.412 e. The highest BCUT2D eigenvalue weighted by molar-refractivity contribution is 5.76. The molecule has 0 fully saturated rings. The molecule has 0 aromatic rings. The summed E-state index contributed by atoms with van der Waals surface area (Å²) in [5.41, 5.74) is -0.624. The number of urea groups is 1. The van der Waals surface area contributed by atoms with Gasteiger partial charge in [0, 0.05) is 25.2 Å². The van der Waals surface area contributed by atoms with Crippen LogP contribution < -0.4 is 5.32 Å². The molecule has 0 saturated carbocycles. The average molecular weight is 308 g/mol. The molecule has 21 heavy (non-hydrogen) atoms. The van der Waals surface area contributed by atoms with Gasteiger partial charge in [-0.25, -0.2) is 4.79 Å². The monoisotopic (exact) mass is 308 g/mol. The number of aliphatic carboxylic acids is 1. The molecule has 0 bridgehead atoms. The van der Waals surface area contributed by atoms with E-state index in [0.29, 0.717) is 12.8 Å². The van der Waals surface area contributed by atoms with Crippen LogP contribution in [0.3, 0.4) is 0 Å². The third kappa shape index (κ3) is 5.28. The third-order valence-electron chi connectivity index (χ3n) is 3.35. The van der Waals surface area contributed by atoms with E-state index in [4.69, 9.17) is 5.11 Å². The van der Waals surface area contributed by atoms with Crippen molar-refractivity contribution in [3.05, 3.63) is 11.6 Å². The van der Waals surface area contributed by atoms with E-state index in [2.05, 4.69) is 5.32 Å². The van der Waals surface area contributed by atoms with Crippen LogP contribution >= 0.6 is 0 Å². The largest absolute Gasteiger partial charge is 0.481 e. The number of rotatable bonds is 5. The summed E-state index contributed by atoms with van der Waals surface area (Å²) in [6.45, 7) is 1.68. The van der Waals surface area contributed by atoms with Crippen molar-refractivity contribution in [2.75, 3.05) is 19.6 Å². The lowest BCUT2D eigenvalue weighted by Crippen LogP contribution is -2.45. The van der Waals surface area contributed by atoms with Crippen molar-refractivity contribution in [3.63, 3.8) is 0 Å². The van der Waals surface area contributed by atoms with Crippen LogP contribution in [-0.4, -0.2) is 47.8 Å². The topological polar surface area (TPSA) is 69.6 Å². The zero-order chi connectivity index (χ0) is 16.0. The van der Waals surface area contributed by atoms with Crippen molar-refractivity contribution in [1.82, 2.24) is 10.2 Å². The van der Waals surface area contributed by atoms with Gasteiger partial charge in [-0.3, -0.25) is 4.79 Å². The normalized spacial score (nSPS) is 17.1. The van der Waals surface area contributed by atoms with E-state index in [1.54, 1.807) is 0 Å². The molecular formula is C13H19F3N2O3. The second-order valence-electron chi connectivity index (χ2n) is 4.93. The summed E-state index contributed by atoms with van der Waals surface area (Å²) in [4.78, 5) is 24.0. The van der Waals surface area contributed by atoms with Gasteiger partial charge in [0.15, 0.2) is 0 Å². The fraction of sp³-hybridized carbons (Fsp3) is 0.692. The molecule has 0 saturated heterocycles. The molecule has 2 N–H and O–H groups in total. The predicted octanol–water partition coefficient (Wildman–Crippen LogP) is 2.39. The number of alkyl halides is 3. The number of halogens is 3. The third-order valence-corrected chi connectivity index (χ3v) is 3.35. The lowest BCUT2D eigenvalue weighted by Gasteiger charge is -2.27. The van der Waals surface area contributed by atoms with Crippen LogP contribution in [0.4, 0.5) is 18.0 Å². The van der Waals surface area contributed by atoms with E-state index in [-0.39, 0.29) is 26.1 Å². The molecule has 1 heterocycles. The van der Waals surface area contributed by atoms with Gasteiger partial charge in [0.1, 0.15) is 0 Å². The number of hydrogen-bond acceptors (Lipinski definition) is 2. The Balaban J connectivity index is 2.47. The second kappa shape index (κ2) is 7.33. The summed E-state index contributed by atoms with van der Waals surface area (Å²) in [5, 5.41) is 11.4. The van der Waals surface area contributed by atoms with Gasteiger partial charge in [-0.05, 0) is 12.8 Å². The molecule has 1 aliphatic heterocycles. The standard InChI is InChI=1S/C13H19F3N2O3/c1-2-3-9(11(19)20)8-17-12(21)18-6-4-10(5-7-18)13(14,15)16/h4,9H,2-3,5-8H2,1H3,(H,17,21)(H,19,20). The highest BCUT2D eigenvalue weighted by atomic mass is 19.4. The highest BCUT2D eigenvalue weighted by Gasteiger charge is 2.35. The predicted molar refractivity (Wildman–Crippen MR) is 69.8 cm³/mol. The van der Waals surface area contributed by atoms with Crippen molar-refractivity contribution in [2.24, 2.45) is 5.92 Å². The Kier molecular flexibility index (Phi) is 6.04. The maximum absolute atomic E-state index is 12.4. The molecule has 0 radical (unpaired) electrons. The summed E-state index contributed by atoms with van der Waals surface area (Å²) in [7, 11) is 0. The Morgan fingerprint density at radius 3 is 2.57 bits per heavy atom. The second-order valence-corrected chi connectivity index (χ2v) is 4.93. The SMILES string of the molecule is CCCC(CNC(=O)N1CC=C(C(F)(F)F)CC1)C(=O)O. The van der Waals surface area contributed by atoms with Gasteiger partial charge in [-0.1, -0.05) is 19.4 Å². The van der Waals surface area contributed by atoms with Crippen molar-refractivity contribution in [3.8, 4) is 0 Å². The fourth-order valence-corrected chi connectivity index (χ4v) is 2.09. The number of nitrogens with zero attached hydrogens (tertiary/aromatic N) is 1. The van der Waals surface area contributed by atoms with Gasteiger partial charge in [0.25, 0.3) is 0 Å². The molecule has 2 amide bonds. The number of nitrogens with one attached hydrogen (secondary N) is 1. The van der Waals surface area contributed by atoms with Crippen LogP contribution in [0.5, 0.6) is 0 Å². The molecule has 120 valence electrons. The number of amides is 2. The number of carboxylic acid groups (broad SMARTS) is 1. The number of carbonyl (C=O) groups is 2. The number of hydrogen-bond donors (Lipinski definition) is 2. The van der Waals surface area contributed by atoms with Crippen LogP contribution in [-0.2, 0) is 4.79 Å². The van der Waals surface area contributed by atoms with Crippen molar-refractivity contribution < 1.29 is 27.9 Å². The first-order valence-corrected chi connectivity index (χ1v) is 6.77. The Bertz CT molecular complexity index is 421. The molecule has 5 nitrogen and oxygen atoms in total. The Hall–Kier alpha value is -1.73. The molecule has 1 rings (SSSR count). The molecule has 0 spiro atoms. The van der Waals surface area contributed by atoms with Crippen LogP contribution in [0.1, 0.15) is 26.2 Å². The molecule has 1 aliphatic rings. The van der Waals surface area contributed by atoms with E-state index in [9.17, 15) is 22.8 Å². The van der Waals surface area contributed by atoms with Crippen LogP contribution in [0, 0.1) is 5.92 Å². The Labute approximate surface area is 120 Å². The first-order valence-electron chi connectivity index (χ1n) is 6.77. The first-order chi connectivity index (χ1) is 9.75. The van der Waals surface area contributed by atoms with Crippen molar-refractivity contribution >= 4 is 12.0 Å². The van der Waals surface area contributed by atoms with E-state index in [0.717, 1.165) is 6.08 Å².